The highest BCUT2D eigenvalue weighted by Crippen LogP contribution is 2.24. The average Bonchev–Trinajstić information content (AvgIpc) is 3.16. The number of thioether (sulfide) groups is 1. The van der Waals surface area contributed by atoms with Crippen molar-refractivity contribution >= 4 is 17.7 Å². The van der Waals surface area contributed by atoms with E-state index in [4.69, 9.17) is 0 Å². The predicted octanol–water partition coefficient (Wildman–Crippen LogP) is 3.59. The van der Waals surface area contributed by atoms with Crippen LogP contribution in [0.4, 0.5) is 0 Å². The van der Waals surface area contributed by atoms with Gasteiger partial charge >= 0.3 is 0 Å². The van der Waals surface area contributed by atoms with Gasteiger partial charge in [0, 0.05) is 7.05 Å². The first-order valence-corrected chi connectivity index (χ1v) is 9.76. The Morgan fingerprint density at radius 1 is 1.15 bits per heavy atom. The highest BCUT2D eigenvalue weighted by molar-refractivity contribution is 7.99. The number of aryl methyl sites for hydroxylation is 1. The minimum Gasteiger partial charge on any atom is -0.338 e. The summed E-state index contributed by atoms with van der Waals surface area (Å²) in [5.74, 6) is 0.311. The maximum atomic E-state index is 12.6. The fraction of sp³-hybridized carbons (Fsp3) is 0.300. The van der Waals surface area contributed by atoms with E-state index >= 15 is 0 Å². The number of carbonyl (C=O) groups is 1. The number of benzene rings is 2. The van der Waals surface area contributed by atoms with E-state index in [0.717, 1.165) is 16.8 Å². The molecule has 27 heavy (non-hydrogen) atoms. The minimum absolute atomic E-state index is 0.00862. The minimum atomic E-state index is 0.00862. The highest BCUT2D eigenvalue weighted by Gasteiger charge is 2.19. The number of aromatic nitrogens is 4. The van der Waals surface area contributed by atoms with Gasteiger partial charge in [-0.1, -0.05) is 54.2 Å². The standard InChI is InChI=1S/C20H23N5OS/c1-14-9-8-12-18(15(14)2)25-20(21-22-23-25)27-13-19(26)24(4)16(3)17-10-6-5-7-11-17/h5-12,16H,13H2,1-4H3/t16-/m1/s1. The van der Waals surface area contributed by atoms with Crippen molar-refractivity contribution in [3.05, 3.63) is 65.2 Å². The molecule has 0 radical (unpaired) electrons. The van der Waals surface area contributed by atoms with E-state index in [2.05, 4.69) is 28.5 Å². The lowest BCUT2D eigenvalue weighted by Gasteiger charge is -2.25. The summed E-state index contributed by atoms with van der Waals surface area (Å²) in [6, 6.07) is 16.0. The molecule has 0 N–H and O–H groups in total. The van der Waals surface area contributed by atoms with Gasteiger partial charge in [-0.25, -0.2) is 0 Å². The molecule has 0 saturated heterocycles. The number of tetrazole rings is 1. The molecule has 0 aliphatic rings. The molecule has 0 aliphatic carbocycles. The summed E-state index contributed by atoms with van der Waals surface area (Å²) in [7, 11) is 1.83. The normalized spacial score (nSPS) is 12.0. The Morgan fingerprint density at radius 3 is 2.63 bits per heavy atom. The van der Waals surface area contributed by atoms with E-state index in [-0.39, 0.29) is 17.7 Å². The lowest BCUT2D eigenvalue weighted by Crippen LogP contribution is -2.31. The molecular formula is C20H23N5OS. The van der Waals surface area contributed by atoms with Gasteiger partial charge in [-0.3, -0.25) is 4.79 Å². The first kappa shape index (κ1) is 19.1. The monoisotopic (exact) mass is 381 g/mol. The Kier molecular flexibility index (Phi) is 5.91. The quantitative estimate of drug-likeness (QED) is 0.611. The SMILES string of the molecule is Cc1cccc(-n2nnnc2SCC(=O)N(C)[C@H](C)c2ccccc2)c1C. The Bertz CT molecular complexity index is 925. The summed E-state index contributed by atoms with van der Waals surface area (Å²) < 4.78 is 1.70. The number of nitrogens with zero attached hydrogens (tertiary/aromatic N) is 5. The largest absolute Gasteiger partial charge is 0.338 e. The zero-order valence-electron chi connectivity index (χ0n) is 16.0. The molecule has 1 aromatic heterocycles. The van der Waals surface area contributed by atoms with E-state index in [9.17, 15) is 4.79 Å². The summed E-state index contributed by atoms with van der Waals surface area (Å²) in [5, 5.41) is 12.6. The third kappa shape index (κ3) is 4.19. The van der Waals surface area contributed by atoms with Crippen molar-refractivity contribution in [1.29, 1.82) is 0 Å². The summed E-state index contributed by atoms with van der Waals surface area (Å²) in [6.45, 7) is 6.12. The molecule has 0 fully saturated rings. The van der Waals surface area contributed by atoms with Crippen LogP contribution in [0.1, 0.15) is 29.7 Å². The lowest BCUT2D eigenvalue weighted by molar-refractivity contribution is -0.128. The molecular weight excluding hydrogens is 358 g/mol. The number of hydrogen-bond acceptors (Lipinski definition) is 5. The highest BCUT2D eigenvalue weighted by atomic mass is 32.2. The van der Waals surface area contributed by atoms with Crippen molar-refractivity contribution in [1.82, 2.24) is 25.1 Å². The van der Waals surface area contributed by atoms with Gasteiger partial charge in [0.05, 0.1) is 17.5 Å². The molecule has 1 heterocycles. The fourth-order valence-electron chi connectivity index (χ4n) is 2.78. The second-order valence-corrected chi connectivity index (χ2v) is 7.41. The molecule has 1 atom stereocenters. The smallest absolute Gasteiger partial charge is 0.233 e. The summed E-state index contributed by atoms with van der Waals surface area (Å²) in [4.78, 5) is 14.4. The second kappa shape index (κ2) is 8.35. The van der Waals surface area contributed by atoms with Gasteiger partial charge in [0.1, 0.15) is 0 Å². The second-order valence-electron chi connectivity index (χ2n) is 6.47. The Hall–Kier alpha value is -2.67. The van der Waals surface area contributed by atoms with Gasteiger partial charge < -0.3 is 4.90 Å². The first-order chi connectivity index (χ1) is 13.0. The fourth-order valence-corrected chi connectivity index (χ4v) is 3.59. The number of amides is 1. The summed E-state index contributed by atoms with van der Waals surface area (Å²) >= 11 is 1.35. The number of carbonyl (C=O) groups excluding carboxylic acids is 1. The molecule has 0 spiro atoms. The summed E-state index contributed by atoms with van der Waals surface area (Å²) in [5.41, 5.74) is 4.33. The van der Waals surface area contributed by atoms with Crippen LogP contribution >= 0.6 is 11.8 Å². The average molecular weight is 382 g/mol. The predicted molar refractivity (Wildman–Crippen MR) is 107 cm³/mol. The molecule has 6 nitrogen and oxygen atoms in total. The van der Waals surface area contributed by atoms with Crippen LogP contribution in [0.2, 0.25) is 0 Å². The van der Waals surface area contributed by atoms with Crippen molar-refractivity contribution in [2.24, 2.45) is 0 Å². The Balaban J connectivity index is 1.70. The number of hydrogen-bond donors (Lipinski definition) is 0. The molecule has 7 heteroatoms. The molecule has 1 amide bonds. The lowest BCUT2D eigenvalue weighted by atomic mass is 10.1. The zero-order chi connectivity index (χ0) is 19.4. The summed E-state index contributed by atoms with van der Waals surface area (Å²) in [6.07, 6.45) is 0. The molecule has 0 aliphatic heterocycles. The van der Waals surface area contributed by atoms with E-state index < -0.39 is 0 Å². The van der Waals surface area contributed by atoms with Crippen LogP contribution in [0.5, 0.6) is 0 Å². The van der Waals surface area contributed by atoms with Crippen molar-refractivity contribution in [2.75, 3.05) is 12.8 Å². The van der Waals surface area contributed by atoms with Crippen LogP contribution in [0, 0.1) is 13.8 Å². The Morgan fingerprint density at radius 2 is 1.89 bits per heavy atom. The molecule has 2 aromatic carbocycles. The van der Waals surface area contributed by atoms with Gasteiger partial charge in [0.2, 0.25) is 11.1 Å². The van der Waals surface area contributed by atoms with Crippen LogP contribution in [0.25, 0.3) is 5.69 Å². The molecule has 140 valence electrons. The van der Waals surface area contributed by atoms with Gasteiger partial charge in [0.25, 0.3) is 0 Å². The third-order valence-corrected chi connectivity index (χ3v) is 5.73. The van der Waals surface area contributed by atoms with Crippen molar-refractivity contribution < 1.29 is 4.79 Å². The van der Waals surface area contributed by atoms with Gasteiger partial charge in [-0.05, 0) is 54.0 Å². The van der Waals surface area contributed by atoms with E-state index in [0.29, 0.717) is 5.16 Å². The maximum absolute atomic E-state index is 12.6. The van der Waals surface area contributed by atoms with Gasteiger partial charge in [0.15, 0.2) is 0 Å². The topological polar surface area (TPSA) is 63.9 Å². The maximum Gasteiger partial charge on any atom is 0.233 e. The van der Waals surface area contributed by atoms with Crippen LogP contribution in [-0.4, -0.2) is 43.8 Å². The van der Waals surface area contributed by atoms with E-state index in [1.807, 2.05) is 63.4 Å². The van der Waals surface area contributed by atoms with E-state index in [1.165, 1.54) is 17.3 Å². The van der Waals surface area contributed by atoms with E-state index in [1.54, 1.807) is 9.58 Å². The van der Waals surface area contributed by atoms with Crippen LogP contribution in [0.3, 0.4) is 0 Å². The Labute approximate surface area is 163 Å². The third-order valence-electron chi connectivity index (χ3n) is 4.83. The van der Waals surface area contributed by atoms with Crippen molar-refractivity contribution in [3.8, 4) is 5.69 Å². The molecule has 3 aromatic rings. The van der Waals surface area contributed by atoms with Gasteiger partial charge in [-0.15, -0.1) is 5.10 Å². The van der Waals surface area contributed by atoms with Gasteiger partial charge in [-0.2, -0.15) is 4.68 Å². The molecule has 0 saturated carbocycles. The molecule has 3 rings (SSSR count). The van der Waals surface area contributed by atoms with Crippen molar-refractivity contribution in [3.63, 3.8) is 0 Å². The van der Waals surface area contributed by atoms with Crippen LogP contribution in [0.15, 0.2) is 53.7 Å². The van der Waals surface area contributed by atoms with Crippen LogP contribution < -0.4 is 0 Å². The zero-order valence-corrected chi connectivity index (χ0v) is 16.8. The molecule has 0 unspecified atom stereocenters. The molecule has 0 bridgehead atoms. The number of rotatable bonds is 6. The van der Waals surface area contributed by atoms with Crippen molar-refractivity contribution in [2.45, 2.75) is 32.0 Å². The first-order valence-electron chi connectivity index (χ1n) is 8.77. The van der Waals surface area contributed by atoms with Crippen LogP contribution in [-0.2, 0) is 4.79 Å².